The van der Waals surface area contributed by atoms with E-state index in [2.05, 4.69) is 41.5 Å². The molecule has 1 unspecified atom stereocenters. The van der Waals surface area contributed by atoms with Crippen LogP contribution in [0.3, 0.4) is 0 Å². The molecule has 0 amide bonds. The maximum absolute atomic E-state index is 14.5. The van der Waals surface area contributed by atoms with Gasteiger partial charge >= 0.3 is 195 Å². The van der Waals surface area contributed by atoms with Crippen molar-refractivity contribution in [3.8, 4) is 0 Å². The second-order valence-corrected chi connectivity index (χ2v) is 26.9. The molecule has 0 saturated heterocycles. The van der Waals surface area contributed by atoms with Crippen molar-refractivity contribution in [2.45, 2.75) is 142 Å². The molecule has 0 radical (unpaired) electrons. The molecular formula is C25H55O3PSn. The summed E-state index contributed by atoms with van der Waals surface area (Å²) in [6.45, 7) is 14.7. The van der Waals surface area contributed by atoms with Gasteiger partial charge in [-0.15, -0.1) is 0 Å². The fourth-order valence-electron chi connectivity index (χ4n) is 4.55. The second-order valence-electron chi connectivity index (χ2n) is 9.24. The maximum atomic E-state index is 14.5. The van der Waals surface area contributed by atoms with Crippen LogP contribution in [0.25, 0.3) is 0 Å². The Hall–Kier alpha value is 0.949. The van der Waals surface area contributed by atoms with Gasteiger partial charge in [0.2, 0.25) is 0 Å². The monoisotopic (exact) mass is 554 g/mol. The molecule has 0 saturated carbocycles. The van der Waals surface area contributed by atoms with Gasteiger partial charge in [-0.2, -0.15) is 0 Å². The standard InChI is InChI=1S/C13H28O3P.3C4H9.Sn/c1-4-7-10-13-17(14,15-11-8-5-2)16-12-9-6-3;3*1-3-4-2;/h13H,4-12H2,1-3H3;3*1,3-4H2,2H3;. The van der Waals surface area contributed by atoms with Crippen molar-refractivity contribution in [2.75, 3.05) is 13.2 Å². The molecule has 0 heterocycles. The van der Waals surface area contributed by atoms with Crippen molar-refractivity contribution in [2.24, 2.45) is 0 Å². The first kappa shape index (κ1) is 30.9. The normalized spacial score (nSPS) is 13.7. The van der Waals surface area contributed by atoms with E-state index in [0.29, 0.717) is 13.2 Å². The third kappa shape index (κ3) is 11.7. The minimum absolute atomic E-state index is 0.255. The predicted octanol–water partition coefficient (Wildman–Crippen LogP) is 9.76. The zero-order valence-corrected chi connectivity index (χ0v) is 25.2. The Labute approximate surface area is 194 Å². The van der Waals surface area contributed by atoms with E-state index in [1.54, 1.807) is 0 Å². The van der Waals surface area contributed by atoms with Crippen LogP contribution in [0.4, 0.5) is 0 Å². The molecule has 3 nitrogen and oxygen atoms in total. The Bertz CT molecular complexity index is 395. The fraction of sp³-hybridized carbons (Fsp3) is 1.00. The first-order valence-corrected chi connectivity index (χ1v) is 22.7. The van der Waals surface area contributed by atoms with Gasteiger partial charge in [0.1, 0.15) is 0 Å². The Kier molecular flexibility index (Phi) is 20.0. The first-order chi connectivity index (χ1) is 14.5. The van der Waals surface area contributed by atoms with Crippen LogP contribution >= 0.6 is 7.60 Å². The number of rotatable bonds is 22. The fourth-order valence-corrected chi connectivity index (χ4v) is 32.9. The molecule has 0 aliphatic rings. The molecule has 0 aromatic rings. The van der Waals surface area contributed by atoms with Crippen LogP contribution in [0.1, 0.15) is 125 Å². The quantitative estimate of drug-likeness (QED) is 0.0761. The molecule has 0 aliphatic heterocycles. The number of hydrogen-bond acceptors (Lipinski definition) is 3. The van der Waals surface area contributed by atoms with Gasteiger partial charge in [-0.25, -0.2) is 0 Å². The molecule has 0 aliphatic carbocycles. The summed E-state index contributed by atoms with van der Waals surface area (Å²) in [6, 6.07) is 0. The van der Waals surface area contributed by atoms with Crippen LogP contribution in [-0.4, -0.2) is 35.3 Å². The molecule has 0 spiro atoms. The molecule has 0 N–H and O–H groups in total. The number of hydrogen-bond donors (Lipinski definition) is 0. The average Bonchev–Trinajstić information content (AvgIpc) is 2.75. The Balaban J connectivity index is 6.11. The zero-order chi connectivity index (χ0) is 22.7. The third-order valence-electron chi connectivity index (χ3n) is 6.54. The van der Waals surface area contributed by atoms with Gasteiger partial charge in [0.25, 0.3) is 0 Å². The summed E-state index contributed by atoms with van der Waals surface area (Å²) in [7, 11) is -3.07. The summed E-state index contributed by atoms with van der Waals surface area (Å²) in [5.41, 5.74) is 0. The molecule has 0 rings (SSSR count). The molecule has 0 fully saturated rings. The molecule has 30 heavy (non-hydrogen) atoms. The second kappa shape index (κ2) is 19.4. The topological polar surface area (TPSA) is 35.5 Å². The summed E-state index contributed by atoms with van der Waals surface area (Å²) in [5, 5.41) is 0. The summed E-state index contributed by atoms with van der Waals surface area (Å²) in [6.07, 6.45) is 15.1. The van der Waals surface area contributed by atoms with Crippen molar-refractivity contribution < 1.29 is 13.6 Å². The predicted molar refractivity (Wildman–Crippen MR) is 138 cm³/mol. The minimum atomic E-state index is -3.07. The summed E-state index contributed by atoms with van der Waals surface area (Å²) in [5.74, 6) is 0. The van der Waals surface area contributed by atoms with E-state index in [0.717, 1.165) is 44.9 Å². The van der Waals surface area contributed by atoms with E-state index < -0.39 is 26.0 Å². The van der Waals surface area contributed by atoms with Crippen LogP contribution in [0.2, 0.25) is 13.3 Å². The van der Waals surface area contributed by atoms with Crippen LogP contribution in [-0.2, 0) is 13.6 Å². The number of unbranched alkanes of at least 4 members (excludes halogenated alkanes) is 6. The van der Waals surface area contributed by atoms with Gasteiger partial charge < -0.3 is 0 Å². The van der Waals surface area contributed by atoms with Crippen molar-refractivity contribution in [3.05, 3.63) is 0 Å². The van der Waals surface area contributed by atoms with Crippen LogP contribution in [0.5, 0.6) is 0 Å². The Morgan fingerprint density at radius 2 is 0.967 bits per heavy atom. The van der Waals surface area contributed by atoms with Crippen molar-refractivity contribution in [3.63, 3.8) is 0 Å². The Morgan fingerprint density at radius 1 is 0.600 bits per heavy atom. The van der Waals surface area contributed by atoms with Crippen LogP contribution in [0, 0.1) is 0 Å². The van der Waals surface area contributed by atoms with E-state index in [-0.39, 0.29) is 3.67 Å². The van der Waals surface area contributed by atoms with E-state index in [4.69, 9.17) is 9.05 Å². The van der Waals surface area contributed by atoms with Gasteiger partial charge in [-0.1, -0.05) is 0 Å². The average molecular weight is 553 g/mol. The summed E-state index contributed by atoms with van der Waals surface area (Å²) in [4.78, 5) is 0. The third-order valence-corrected chi connectivity index (χ3v) is 31.4. The molecule has 0 bridgehead atoms. The van der Waals surface area contributed by atoms with Crippen LogP contribution in [0.15, 0.2) is 0 Å². The molecule has 0 aromatic carbocycles. The summed E-state index contributed by atoms with van der Waals surface area (Å²) >= 11 is -2.76. The van der Waals surface area contributed by atoms with E-state index >= 15 is 0 Å². The summed E-state index contributed by atoms with van der Waals surface area (Å²) < 4.78 is 31.5. The van der Waals surface area contributed by atoms with Crippen LogP contribution < -0.4 is 0 Å². The van der Waals surface area contributed by atoms with Gasteiger partial charge in [0, 0.05) is 0 Å². The molecule has 5 heteroatoms. The van der Waals surface area contributed by atoms with Crippen molar-refractivity contribution >= 4 is 26.0 Å². The van der Waals surface area contributed by atoms with Gasteiger partial charge in [-0.05, 0) is 0 Å². The van der Waals surface area contributed by atoms with Gasteiger partial charge in [-0.3, -0.25) is 0 Å². The Morgan fingerprint density at radius 3 is 1.30 bits per heavy atom. The van der Waals surface area contributed by atoms with Gasteiger partial charge in [0.05, 0.1) is 0 Å². The SMILES string of the molecule is CCCCOP(=O)(OCCCC)[CH](CCCC)[Sn]([CH2]CCC)([CH2]CCC)[CH2]CCC. The van der Waals surface area contributed by atoms with Crippen molar-refractivity contribution in [1.29, 1.82) is 0 Å². The van der Waals surface area contributed by atoms with Gasteiger partial charge in [0.15, 0.2) is 0 Å². The van der Waals surface area contributed by atoms with E-state index in [1.165, 1.54) is 51.8 Å². The van der Waals surface area contributed by atoms with E-state index in [9.17, 15) is 4.57 Å². The van der Waals surface area contributed by atoms with Crippen molar-refractivity contribution in [1.82, 2.24) is 0 Å². The first-order valence-electron chi connectivity index (χ1n) is 13.4. The molecule has 0 aromatic heterocycles. The molecule has 1 atom stereocenters. The van der Waals surface area contributed by atoms with E-state index in [1.807, 2.05) is 0 Å². The molecule has 182 valence electrons. The zero-order valence-electron chi connectivity index (χ0n) is 21.5. The molecular weight excluding hydrogens is 498 g/mol.